The van der Waals surface area contributed by atoms with Crippen LogP contribution in [0, 0.1) is 6.92 Å². The lowest BCUT2D eigenvalue weighted by Crippen LogP contribution is -2.10. The third-order valence-corrected chi connectivity index (χ3v) is 5.51. The molecule has 0 bridgehead atoms. The summed E-state index contributed by atoms with van der Waals surface area (Å²) in [6.45, 7) is 2.24. The first-order chi connectivity index (χ1) is 13.2. The molecule has 3 heterocycles. The molecule has 0 saturated carbocycles. The summed E-state index contributed by atoms with van der Waals surface area (Å²) in [7, 11) is 0. The number of benzene rings is 2. The number of carbonyl (C=O) groups excluding carboxylic acids is 1. The third kappa shape index (κ3) is 2.65. The Hall–Kier alpha value is -3.25. The van der Waals surface area contributed by atoms with Crippen molar-refractivity contribution >= 4 is 33.9 Å². The molecule has 0 atom stereocenters. The van der Waals surface area contributed by atoms with Crippen LogP contribution in [-0.4, -0.2) is 24.9 Å². The Bertz CT molecular complexity index is 1260. The minimum Gasteiger partial charge on any atom is -0.300 e. The summed E-state index contributed by atoms with van der Waals surface area (Å²) in [4.78, 5) is 18.6. The van der Waals surface area contributed by atoms with E-state index in [0.717, 1.165) is 21.5 Å². The molecule has 2 aromatic carbocycles. The molecule has 3 aromatic heterocycles. The maximum Gasteiger partial charge on any atom is 0.234 e. The molecule has 5 aromatic rings. The molecule has 0 aliphatic carbocycles. The first kappa shape index (κ1) is 16.0. The van der Waals surface area contributed by atoms with E-state index in [1.807, 2.05) is 82.0 Å². The maximum absolute atomic E-state index is 12.9. The van der Waals surface area contributed by atoms with Crippen LogP contribution in [0.1, 0.15) is 15.9 Å². The fourth-order valence-electron chi connectivity index (χ4n) is 3.26. The van der Waals surface area contributed by atoms with E-state index in [1.54, 1.807) is 11.3 Å². The number of aromatic nitrogens is 4. The molecule has 27 heavy (non-hydrogen) atoms. The van der Waals surface area contributed by atoms with Crippen LogP contribution in [-0.2, 0) is 6.54 Å². The van der Waals surface area contributed by atoms with Crippen LogP contribution in [0.5, 0.6) is 0 Å². The number of ketones is 1. The predicted octanol–water partition coefficient (Wildman–Crippen LogP) is 4.60. The summed E-state index contributed by atoms with van der Waals surface area (Å²) in [5, 5.41) is 6.69. The molecule has 5 rings (SSSR count). The number of para-hydroxylation sites is 2. The zero-order valence-corrected chi connectivity index (χ0v) is 15.5. The van der Waals surface area contributed by atoms with Crippen molar-refractivity contribution in [2.24, 2.45) is 0 Å². The lowest BCUT2D eigenvalue weighted by Gasteiger charge is -2.05. The number of fused-ring (bicyclic) bond motifs is 3. The average molecular weight is 372 g/mol. The smallest absolute Gasteiger partial charge is 0.234 e. The minimum absolute atomic E-state index is 0.0546. The van der Waals surface area contributed by atoms with E-state index in [-0.39, 0.29) is 12.3 Å². The van der Waals surface area contributed by atoms with Gasteiger partial charge in [-0.25, -0.2) is 0 Å². The minimum atomic E-state index is 0.0546. The Kier molecular flexibility index (Phi) is 3.65. The summed E-state index contributed by atoms with van der Waals surface area (Å²) in [5.74, 6) is 1.42. The number of carbonyl (C=O) groups is 1. The van der Waals surface area contributed by atoms with Gasteiger partial charge in [-0.05, 0) is 30.5 Å². The fourth-order valence-corrected chi connectivity index (χ4v) is 3.91. The second kappa shape index (κ2) is 6.17. The van der Waals surface area contributed by atoms with Gasteiger partial charge in [-0.3, -0.25) is 4.79 Å². The summed E-state index contributed by atoms with van der Waals surface area (Å²) in [6.07, 6.45) is 0. The van der Waals surface area contributed by atoms with Gasteiger partial charge in [0, 0.05) is 5.56 Å². The molecule has 6 heteroatoms. The Morgan fingerprint density at radius 3 is 2.52 bits per heavy atom. The van der Waals surface area contributed by atoms with Crippen LogP contribution in [0.2, 0.25) is 0 Å². The number of Topliss-reactive ketones (excluding diaryl/α,β-unsaturated/α-hetero) is 1. The fraction of sp³-hybridized carbons (Fsp3) is 0.0952. The first-order valence-electron chi connectivity index (χ1n) is 8.68. The Balaban J connectivity index is 1.65. The van der Waals surface area contributed by atoms with Gasteiger partial charge in [0.05, 0.1) is 22.5 Å². The molecular weight excluding hydrogens is 356 g/mol. The number of imidazole rings is 1. The second-order valence-electron chi connectivity index (χ2n) is 6.49. The highest BCUT2D eigenvalue weighted by atomic mass is 32.1. The normalized spacial score (nSPS) is 11.4. The Morgan fingerprint density at radius 2 is 1.78 bits per heavy atom. The monoisotopic (exact) mass is 372 g/mol. The van der Waals surface area contributed by atoms with E-state index in [1.165, 1.54) is 0 Å². The molecule has 0 unspecified atom stereocenters. The van der Waals surface area contributed by atoms with Gasteiger partial charge in [0.25, 0.3) is 0 Å². The van der Waals surface area contributed by atoms with Gasteiger partial charge in [-0.2, -0.15) is 9.50 Å². The van der Waals surface area contributed by atoms with E-state index in [0.29, 0.717) is 17.2 Å². The van der Waals surface area contributed by atoms with E-state index in [4.69, 9.17) is 4.98 Å². The molecule has 0 amide bonds. The molecule has 132 valence electrons. The van der Waals surface area contributed by atoms with E-state index >= 15 is 0 Å². The number of thiophene rings is 1. The van der Waals surface area contributed by atoms with Crippen molar-refractivity contribution in [3.05, 3.63) is 77.2 Å². The first-order valence-corrected chi connectivity index (χ1v) is 9.56. The molecular formula is C21H16N4OS. The SMILES string of the molecule is Cc1ccc(C(=O)Cn2c3ccccc3n3nc(-c4cccs4)nc23)cc1. The number of aryl methyl sites for hydroxylation is 1. The zero-order chi connectivity index (χ0) is 18.4. The van der Waals surface area contributed by atoms with Crippen molar-refractivity contribution in [2.45, 2.75) is 13.5 Å². The van der Waals surface area contributed by atoms with Crippen LogP contribution in [0.4, 0.5) is 0 Å². The van der Waals surface area contributed by atoms with E-state index in [2.05, 4.69) is 5.10 Å². The number of hydrogen-bond donors (Lipinski definition) is 0. The molecule has 0 aliphatic rings. The van der Waals surface area contributed by atoms with Crippen molar-refractivity contribution in [3.8, 4) is 10.7 Å². The van der Waals surface area contributed by atoms with Crippen molar-refractivity contribution in [2.75, 3.05) is 0 Å². The summed E-state index contributed by atoms with van der Waals surface area (Å²) < 4.78 is 3.77. The molecule has 0 spiro atoms. The molecule has 0 N–H and O–H groups in total. The number of nitrogens with zero attached hydrogens (tertiary/aromatic N) is 4. The second-order valence-corrected chi connectivity index (χ2v) is 7.44. The lowest BCUT2D eigenvalue weighted by atomic mass is 10.1. The average Bonchev–Trinajstić information content (AvgIpc) is 3.40. The quantitative estimate of drug-likeness (QED) is 0.433. The van der Waals surface area contributed by atoms with Crippen LogP contribution in [0.15, 0.2) is 66.0 Å². The third-order valence-electron chi connectivity index (χ3n) is 4.65. The van der Waals surface area contributed by atoms with Gasteiger partial charge in [0.15, 0.2) is 11.6 Å². The van der Waals surface area contributed by atoms with E-state index < -0.39 is 0 Å². The lowest BCUT2D eigenvalue weighted by molar-refractivity contribution is 0.0974. The molecule has 0 radical (unpaired) electrons. The van der Waals surface area contributed by atoms with Gasteiger partial charge in [-0.15, -0.1) is 16.4 Å². The molecule has 0 aliphatic heterocycles. The Morgan fingerprint density at radius 1 is 1.00 bits per heavy atom. The topological polar surface area (TPSA) is 52.2 Å². The summed E-state index contributed by atoms with van der Waals surface area (Å²) in [6, 6.07) is 19.6. The van der Waals surface area contributed by atoms with Crippen molar-refractivity contribution < 1.29 is 4.79 Å². The van der Waals surface area contributed by atoms with Crippen LogP contribution >= 0.6 is 11.3 Å². The van der Waals surface area contributed by atoms with Gasteiger partial charge < -0.3 is 4.57 Å². The highest BCUT2D eigenvalue weighted by Crippen LogP contribution is 2.26. The summed E-state index contributed by atoms with van der Waals surface area (Å²) in [5.41, 5.74) is 3.73. The van der Waals surface area contributed by atoms with Gasteiger partial charge in [-0.1, -0.05) is 48.0 Å². The van der Waals surface area contributed by atoms with Crippen molar-refractivity contribution in [1.29, 1.82) is 0 Å². The predicted molar refractivity (Wildman–Crippen MR) is 107 cm³/mol. The standard InChI is InChI=1S/C21H16N4OS/c1-14-8-10-15(11-9-14)18(26)13-24-16-5-2-3-6-17(16)25-21(24)22-20(23-25)19-7-4-12-27-19/h2-12H,13H2,1H3. The molecule has 0 fully saturated rings. The Labute approximate surface area is 159 Å². The van der Waals surface area contributed by atoms with Crippen molar-refractivity contribution in [3.63, 3.8) is 0 Å². The van der Waals surface area contributed by atoms with Crippen LogP contribution in [0.25, 0.3) is 27.5 Å². The number of rotatable bonds is 4. The molecule has 5 nitrogen and oxygen atoms in total. The van der Waals surface area contributed by atoms with Gasteiger partial charge >= 0.3 is 0 Å². The summed E-state index contributed by atoms with van der Waals surface area (Å²) >= 11 is 1.60. The highest BCUT2D eigenvalue weighted by molar-refractivity contribution is 7.13. The zero-order valence-electron chi connectivity index (χ0n) is 14.7. The molecule has 0 saturated heterocycles. The van der Waals surface area contributed by atoms with Gasteiger partial charge in [0.1, 0.15) is 0 Å². The van der Waals surface area contributed by atoms with Crippen LogP contribution < -0.4 is 0 Å². The van der Waals surface area contributed by atoms with E-state index in [9.17, 15) is 4.79 Å². The van der Waals surface area contributed by atoms with Crippen molar-refractivity contribution in [1.82, 2.24) is 19.2 Å². The number of hydrogen-bond acceptors (Lipinski definition) is 4. The maximum atomic E-state index is 12.9. The van der Waals surface area contributed by atoms with Gasteiger partial charge in [0.2, 0.25) is 5.78 Å². The largest absolute Gasteiger partial charge is 0.300 e. The van der Waals surface area contributed by atoms with Crippen LogP contribution in [0.3, 0.4) is 0 Å². The highest BCUT2D eigenvalue weighted by Gasteiger charge is 2.18.